The van der Waals surface area contributed by atoms with Crippen molar-refractivity contribution in [3.63, 3.8) is 0 Å². The van der Waals surface area contributed by atoms with Gasteiger partial charge in [0.05, 0.1) is 11.8 Å². The normalized spacial score (nSPS) is 13.3. The van der Waals surface area contributed by atoms with E-state index in [4.69, 9.17) is 13.0 Å². The van der Waals surface area contributed by atoms with Gasteiger partial charge < -0.3 is 20.1 Å². The van der Waals surface area contributed by atoms with Gasteiger partial charge in [-0.05, 0) is 25.0 Å². The van der Waals surface area contributed by atoms with Crippen LogP contribution in [0.5, 0.6) is 0 Å². The van der Waals surface area contributed by atoms with Crippen LogP contribution in [-0.4, -0.2) is 25.6 Å². The first-order valence-corrected chi connectivity index (χ1v) is 10.4. The number of nitrogens with two attached hydrogens (primary N) is 1. The first kappa shape index (κ1) is 19.0. The molecule has 0 bridgehead atoms. The van der Waals surface area contributed by atoms with Crippen LogP contribution in [0.3, 0.4) is 0 Å². The van der Waals surface area contributed by atoms with Crippen molar-refractivity contribution in [2.45, 2.75) is 52.4 Å². The zero-order valence-corrected chi connectivity index (χ0v) is 18.8. The third-order valence-corrected chi connectivity index (χ3v) is 5.14. The van der Waals surface area contributed by atoms with Crippen LogP contribution in [0.2, 0.25) is 0 Å². The molecule has 0 radical (unpaired) electrons. The highest BCUT2D eigenvalue weighted by molar-refractivity contribution is 6.00. The van der Waals surface area contributed by atoms with E-state index >= 15 is 0 Å². The molecule has 0 saturated heterocycles. The number of carbonyl (C=O) groups excluding carboxylic acids is 1. The Morgan fingerprint density at radius 2 is 1.97 bits per heavy atom. The molecule has 4 aromatic rings. The first-order valence-electron chi connectivity index (χ1n) is 11.4. The molecule has 1 amide bonds. The van der Waals surface area contributed by atoms with Gasteiger partial charge in [-0.15, -0.1) is 0 Å². The topological polar surface area (TPSA) is 112 Å². The molecule has 0 aliphatic heterocycles. The molecule has 0 unspecified atom stereocenters. The van der Waals surface area contributed by atoms with Gasteiger partial charge in [-0.25, -0.2) is 9.97 Å². The Morgan fingerprint density at radius 3 is 2.59 bits per heavy atom. The van der Waals surface area contributed by atoms with E-state index in [0.717, 1.165) is 22.2 Å². The highest BCUT2D eigenvalue weighted by atomic mass is 16.5. The second-order valence-electron chi connectivity index (χ2n) is 8.98. The minimum absolute atomic E-state index is 0.165. The summed E-state index contributed by atoms with van der Waals surface area (Å²) in [6.45, 7) is 9.98. The summed E-state index contributed by atoms with van der Waals surface area (Å²) in [5.74, 6) is 0.312. The lowest BCUT2D eigenvalue weighted by atomic mass is 9.93. The van der Waals surface area contributed by atoms with E-state index in [1.807, 2.05) is 31.5 Å². The number of anilines is 2. The van der Waals surface area contributed by atoms with Gasteiger partial charge in [0.1, 0.15) is 23.6 Å². The first-order chi connectivity index (χ1) is 15.9. The van der Waals surface area contributed by atoms with E-state index in [9.17, 15) is 4.79 Å². The molecule has 0 saturated carbocycles. The molecule has 0 fully saturated rings. The molecule has 0 spiro atoms. The SMILES string of the molecule is [2H]C([2H])(C(=O)Nc1cc(C(C)(C)C)on1)c1ccc(-c2cn(C(C)C)c3ncnc(N)c23)cc1. The maximum atomic E-state index is 12.7. The summed E-state index contributed by atoms with van der Waals surface area (Å²) < 4.78 is 24.1. The van der Waals surface area contributed by atoms with Crippen molar-refractivity contribution in [2.24, 2.45) is 0 Å². The fourth-order valence-corrected chi connectivity index (χ4v) is 3.42. The number of aromatic nitrogens is 4. The fourth-order valence-electron chi connectivity index (χ4n) is 3.42. The number of amides is 1. The predicted molar refractivity (Wildman–Crippen MR) is 125 cm³/mol. The molecule has 3 N–H and O–H groups in total. The Balaban J connectivity index is 1.62. The number of benzene rings is 1. The maximum Gasteiger partial charge on any atom is 0.230 e. The lowest BCUT2D eigenvalue weighted by molar-refractivity contribution is -0.115. The molecule has 0 aliphatic carbocycles. The van der Waals surface area contributed by atoms with Crippen molar-refractivity contribution < 1.29 is 12.1 Å². The molecule has 3 aromatic heterocycles. The molecule has 32 heavy (non-hydrogen) atoms. The van der Waals surface area contributed by atoms with Gasteiger partial charge in [0.15, 0.2) is 5.82 Å². The summed E-state index contributed by atoms with van der Waals surface area (Å²) in [5, 5.41) is 7.09. The van der Waals surface area contributed by atoms with Crippen molar-refractivity contribution >= 4 is 28.6 Å². The molecule has 166 valence electrons. The van der Waals surface area contributed by atoms with Crippen LogP contribution in [0.1, 0.15) is 54.7 Å². The van der Waals surface area contributed by atoms with Crippen LogP contribution >= 0.6 is 0 Å². The largest absolute Gasteiger partial charge is 0.383 e. The van der Waals surface area contributed by atoms with Gasteiger partial charge in [-0.1, -0.05) is 50.2 Å². The Labute approximate surface area is 189 Å². The molecule has 3 heterocycles. The summed E-state index contributed by atoms with van der Waals surface area (Å²) in [6, 6.07) is 8.49. The van der Waals surface area contributed by atoms with Gasteiger partial charge in [-0.3, -0.25) is 4.79 Å². The summed E-state index contributed by atoms with van der Waals surface area (Å²) in [5.41, 5.74) is 8.49. The van der Waals surface area contributed by atoms with E-state index in [-0.39, 0.29) is 22.8 Å². The molecule has 0 atom stereocenters. The lowest BCUT2D eigenvalue weighted by Gasteiger charge is -2.12. The standard InChI is InChI=1S/C24H28N6O2/c1-14(2)30-12-17(21-22(25)26-13-27-23(21)30)16-8-6-15(7-9-16)10-20(31)28-19-11-18(32-29-19)24(3,4)5/h6-9,11-14H,10H2,1-5H3,(H2,25,26,27)(H,28,29,31)/i10D2. The zero-order chi connectivity index (χ0) is 24.8. The van der Waals surface area contributed by atoms with Crippen molar-refractivity contribution in [1.29, 1.82) is 0 Å². The predicted octanol–water partition coefficient (Wildman–Crippen LogP) is 4.73. The van der Waals surface area contributed by atoms with E-state index < -0.39 is 12.3 Å². The summed E-state index contributed by atoms with van der Waals surface area (Å²) in [7, 11) is 0. The Bertz CT molecular complexity index is 1350. The van der Waals surface area contributed by atoms with E-state index in [2.05, 4.69) is 34.3 Å². The van der Waals surface area contributed by atoms with Crippen LogP contribution in [0, 0.1) is 0 Å². The number of nitrogens with one attached hydrogen (secondary N) is 1. The van der Waals surface area contributed by atoms with Crippen LogP contribution in [-0.2, 0) is 16.6 Å². The number of hydrogen-bond acceptors (Lipinski definition) is 6. The third-order valence-electron chi connectivity index (χ3n) is 5.14. The molecular formula is C24H28N6O2. The van der Waals surface area contributed by atoms with Crippen LogP contribution in [0.25, 0.3) is 22.2 Å². The average Bonchev–Trinajstić information content (AvgIpc) is 3.39. The Morgan fingerprint density at radius 1 is 1.25 bits per heavy atom. The number of fused-ring (bicyclic) bond motifs is 1. The molecule has 8 heteroatoms. The molecular weight excluding hydrogens is 404 g/mol. The van der Waals surface area contributed by atoms with E-state index in [1.165, 1.54) is 6.33 Å². The quantitative estimate of drug-likeness (QED) is 0.470. The maximum absolute atomic E-state index is 12.7. The smallest absolute Gasteiger partial charge is 0.230 e. The minimum atomic E-state index is -2.28. The van der Waals surface area contributed by atoms with E-state index in [1.54, 1.807) is 30.3 Å². The Hall–Kier alpha value is -3.68. The fraction of sp³-hybridized carbons (Fsp3) is 0.333. The third kappa shape index (κ3) is 4.21. The number of hydrogen-bond donors (Lipinski definition) is 2. The summed E-state index contributed by atoms with van der Waals surface area (Å²) in [4.78, 5) is 21.3. The second-order valence-corrected chi connectivity index (χ2v) is 8.98. The second kappa shape index (κ2) is 8.11. The average molecular weight is 435 g/mol. The van der Waals surface area contributed by atoms with Gasteiger partial charge >= 0.3 is 0 Å². The Kier molecular flexibility index (Phi) is 4.82. The van der Waals surface area contributed by atoms with Crippen molar-refractivity contribution in [1.82, 2.24) is 19.7 Å². The highest BCUT2D eigenvalue weighted by Gasteiger charge is 2.20. The number of nitrogen functional groups attached to an aromatic ring is 1. The molecule has 4 rings (SSSR count). The van der Waals surface area contributed by atoms with Crippen molar-refractivity contribution in [3.8, 4) is 11.1 Å². The van der Waals surface area contributed by atoms with Crippen molar-refractivity contribution in [3.05, 3.63) is 54.2 Å². The van der Waals surface area contributed by atoms with Crippen molar-refractivity contribution in [2.75, 3.05) is 11.1 Å². The van der Waals surface area contributed by atoms with Gasteiger partial charge in [0, 0.05) is 32.0 Å². The summed E-state index contributed by atoms with van der Waals surface area (Å²) in [6.07, 6.45) is 1.12. The van der Waals surface area contributed by atoms with Gasteiger partial charge in [-0.2, -0.15) is 0 Å². The number of nitrogens with zero attached hydrogens (tertiary/aromatic N) is 4. The molecule has 1 aromatic carbocycles. The van der Waals surface area contributed by atoms with Gasteiger partial charge in [0.2, 0.25) is 5.91 Å². The van der Waals surface area contributed by atoms with Gasteiger partial charge in [0.25, 0.3) is 0 Å². The number of rotatable bonds is 5. The zero-order valence-electron chi connectivity index (χ0n) is 20.8. The highest BCUT2D eigenvalue weighted by Crippen LogP contribution is 2.34. The monoisotopic (exact) mass is 434 g/mol. The van der Waals surface area contributed by atoms with E-state index in [0.29, 0.717) is 11.6 Å². The lowest BCUT2D eigenvalue weighted by Crippen LogP contribution is -2.14. The molecule has 8 nitrogen and oxygen atoms in total. The summed E-state index contributed by atoms with van der Waals surface area (Å²) >= 11 is 0. The molecule has 0 aliphatic rings. The number of carbonyl (C=O) groups is 1. The minimum Gasteiger partial charge on any atom is -0.383 e. The van der Waals surface area contributed by atoms with Crippen LogP contribution < -0.4 is 11.1 Å². The van der Waals surface area contributed by atoms with Crippen LogP contribution in [0.4, 0.5) is 11.6 Å². The van der Waals surface area contributed by atoms with Crippen LogP contribution in [0.15, 0.2) is 47.4 Å².